The lowest BCUT2D eigenvalue weighted by Gasteiger charge is -2.34. The van der Waals surface area contributed by atoms with Crippen LogP contribution in [0.4, 0.5) is 0 Å². The molecule has 2 aliphatic rings. The highest BCUT2D eigenvalue weighted by atomic mass is 16.5. The molecule has 3 aromatic rings. The Bertz CT molecular complexity index is 922. The van der Waals surface area contributed by atoms with Gasteiger partial charge in [0.15, 0.2) is 0 Å². The zero-order chi connectivity index (χ0) is 19.5. The molecule has 0 bridgehead atoms. The van der Waals surface area contributed by atoms with Gasteiger partial charge in [0.1, 0.15) is 5.54 Å². The molecule has 1 aromatic carbocycles. The Morgan fingerprint density at radius 3 is 2.72 bits per heavy atom. The Balaban J connectivity index is 1.41. The first-order chi connectivity index (χ1) is 14.3. The van der Waals surface area contributed by atoms with Crippen molar-refractivity contribution in [1.29, 1.82) is 0 Å². The molecule has 0 amide bonds. The molecule has 0 atom stereocenters. The van der Waals surface area contributed by atoms with E-state index in [1.807, 2.05) is 23.1 Å². The number of nitrogens with one attached hydrogen (secondary N) is 1. The van der Waals surface area contributed by atoms with Crippen molar-refractivity contribution in [3.8, 4) is 11.4 Å². The van der Waals surface area contributed by atoms with E-state index in [2.05, 4.69) is 44.7 Å². The fraction of sp³-hybridized carbons (Fsp3) is 0.500. The van der Waals surface area contributed by atoms with Crippen LogP contribution in [0.25, 0.3) is 11.4 Å². The molecule has 29 heavy (non-hydrogen) atoms. The molecule has 0 saturated carbocycles. The van der Waals surface area contributed by atoms with E-state index in [4.69, 9.17) is 9.51 Å². The number of aromatic nitrogens is 4. The van der Waals surface area contributed by atoms with Gasteiger partial charge in [-0.3, -0.25) is 9.58 Å². The Hall–Kier alpha value is -2.51. The largest absolute Gasteiger partial charge is 0.336 e. The summed E-state index contributed by atoms with van der Waals surface area (Å²) in [6.45, 7) is 5.18. The normalized spacial score (nSPS) is 20.0. The molecule has 0 spiro atoms. The van der Waals surface area contributed by atoms with Crippen LogP contribution in [-0.4, -0.2) is 51.0 Å². The predicted octanol–water partition coefficient (Wildman–Crippen LogP) is 3.05. The molecule has 2 saturated heterocycles. The Morgan fingerprint density at radius 1 is 1.07 bits per heavy atom. The van der Waals surface area contributed by atoms with Gasteiger partial charge in [0.2, 0.25) is 5.82 Å². The molecule has 7 nitrogen and oxygen atoms in total. The predicted molar refractivity (Wildman–Crippen MR) is 110 cm³/mol. The summed E-state index contributed by atoms with van der Waals surface area (Å²) >= 11 is 0. The smallest absolute Gasteiger partial charge is 0.255 e. The highest BCUT2D eigenvalue weighted by Gasteiger charge is 2.41. The quantitative estimate of drug-likeness (QED) is 0.720. The fourth-order valence-electron chi connectivity index (χ4n) is 4.62. The maximum atomic E-state index is 5.82. The van der Waals surface area contributed by atoms with E-state index >= 15 is 0 Å². The molecular weight excluding hydrogens is 364 g/mol. The summed E-state index contributed by atoms with van der Waals surface area (Å²) < 4.78 is 7.80. The van der Waals surface area contributed by atoms with E-state index in [0.29, 0.717) is 11.7 Å². The maximum Gasteiger partial charge on any atom is 0.255 e. The topological polar surface area (TPSA) is 72.0 Å². The summed E-state index contributed by atoms with van der Waals surface area (Å²) in [5.74, 6) is 1.31. The highest BCUT2D eigenvalue weighted by Crippen LogP contribution is 2.34. The average Bonchev–Trinajstić information content (AvgIpc) is 3.48. The summed E-state index contributed by atoms with van der Waals surface area (Å²) in [7, 11) is 0. The summed E-state index contributed by atoms with van der Waals surface area (Å²) in [5.41, 5.74) is 1.95. The number of rotatable bonds is 5. The van der Waals surface area contributed by atoms with E-state index in [-0.39, 0.29) is 5.54 Å². The van der Waals surface area contributed by atoms with Crippen molar-refractivity contribution < 1.29 is 4.52 Å². The molecule has 2 aromatic heterocycles. The second-order valence-corrected chi connectivity index (χ2v) is 8.19. The molecule has 0 unspecified atom stereocenters. The van der Waals surface area contributed by atoms with Gasteiger partial charge in [-0.25, -0.2) is 0 Å². The standard InChI is InChI=1S/C22H28N6O/c1-2-13-27(14-3-1)17-18-6-4-7-19(16-18)20-25-21(29-26-20)22(8-11-23-12-9-22)28-15-5-10-24-28/h4-7,10,15-16,23H,1-3,8-9,11-14,17H2. The number of likely N-dealkylation sites (tertiary alicyclic amines) is 1. The van der Waals surface area contributed by atoms with Gasteiger partial charge in [-0.05, 0) is 69.6 Å². The van der Waals surface area contributed by atoms with Gasteiger partial charge in [0, 0.05) is 24.5 Å². The molecule has 2 fully saturated rings. The average molecular weight is 393 g/mol. The Labute approximate surface area is 171 Å². The zero-order valence-corrected chi connectivity index (χ0v) is 16.8. The molecule has 0 radical (unpaired) electrons. The van der Waals surface area contributed by atoms with Crippen LogP contribution in [0.1, 0.15) is 43.6 Å². The van der Waals surface area contributed by atoms with Crippen molar-refractivity contribution >= 4 is 0 Å². The third-order valence-corrected chi connectivity index (χ3v) is 6.24. The van der Waals surface area contributed by atoms with E-state index in [9.17, 15) is 0 Å². The molecule has 2 aliphatic heterocycles. The van der Waals surface area contributed by atoms with Crippen LogP contribution in [-0.2, 0) is 12.1 Å². The molecule has 152 valence electrons. The molecule has 0 aliphatic carbocycles. The monoisotopic (exact) mass is 392 g/mol. The van der Waals surface area contributed by atoms with Crippen LogP contribution in [0.5, 0.6) is 0 Å². The van der Waals surface area contributed by atoms with Gasteiger partial charge in [-0.15, -0.1) is 0 Å². The number of hydrogen-bond donors (Lipinski definition) is 1. The minimum atomic E-state index is -0.370. The van der Waals surface area contributed by atoms with Gasteiger partial charge in [-0.1, -0.05) is 29.8 Å². The van der Waals surface area contributed by atoms with Crippen molar-refractivity contribution in [3.63, 3.8) is 0 Å². The van der Waals surface area contributed by atoms with Crippen LogP contribution < -0.4 is 5.32 Å². The van der Waals surface area contributed by atoms with Crippen molar-refractivity contribution in [1.82, 2.24) is 30.1 Å². The van der Waals surface area contributed by atoms with Crippen molar-refractivity contribution in [2.75, 3.05) is 26.2 Å². The minimum absolute atomic E-state index is 0.370. The first-order valence-corrected chi connectivity index (χ1v) is 10.7. The number of hydrogen-bond acceptors (Lipinski definition) is 6. The SMILES string of the molecule is c1cc(CN2CCCCC2)cc(-c2noc(C3(n4cccn4)CCNCC3)n2)c1. The molecule has 5 rings (SSSR count). The fourth-order valence-corrected chi connectivity index (χ4v) is 4.62. The molecule has 1 N–H and O–H groups in total. The summed E-state index contributed by atoms with van der Waals surface area (Å²) in [5, 5.41) is 12.3. The summed E-state index contributed by atoms with van der Waals surface area (Å²) in [6.07, 6.45) is 9.53. The first kappa shape index (κ1) is 18.5. The van der Waals surface area contributed by atoms with Crippen LogP contribution in [0.2, 0.25) is 0 Å². The van der Waals surface area contributed by atoms with E-state index in [1.165, 1.54) is 37.9 Å². The molecular formula is C22H28N6O. The van der Waals surface area contributed by atoms with Gasteiger partial charge >= 0.3 is 0 Å². The van der Waals surface area contributed by atoms with E-state index in [0.717, 1.165) is 38.0 Å². The Morgan fingerprint density at radius 2 is 1.93 bits per heavy atom. The Kier molecular flexibility index (Phi) is 5.16. The van der Waals surface area contributed by atoms with Crippen LogP contribution >= 0.6 is 0 Å². The maximum absolute atomic E-state index is 5.82. The van der Waals surface area contributed by atoms with Crippen molar-refractivity contribution in [2.45, 2.75) is 44.2 Å². The van der Waals surface area contributed by atoms with Crippen LogP contribution in [0.3, 0.4) is 0 Å². The second kappa shape index (κ2) is 8.08. The summed E-state index contributed by atoms with van der Waals surface area (Å²) in [4.78, 5) is 7.37. The third kappa shape index (κ3) is 3.72. The molecule has 7 heteroatoms. The first-order valence-electron chi connectivity index (χ1n) is 10.7. The highest BCUT2D eigenvalue weighted by molar-refractivity contribution is 5.55. The summed E-state index contributed by atoms with van der Waals surface area (Å²) in [6, 6.07) is 10.5. The lowest BCUT2D eigenvalue weighted by molar-refractivity contribution is 0.172. The third-order valence-electron chi connectivity index (χ3n) is 6.24. The van der Waals surface area contributed by atoms with Gasteiger partial charge in [0.05, 0.1) is 0 Å². The van der Waals surface area contributed by atoms with Crippen molar-refractivity contribution in [2.24, 2.45) is 0 Å². The second-order valence-electron chi connectivity index (χ2n) is 8.19. The van der Waals surface area contributed by atoms with Gasteiger partial charge in [0.25, 0.3) is 5.89 Å². The molecule has 4 heterocycles. The van der Waals surface area contributed by atoms with Crippen molar-refractivity contribution in [3.05, 3.63) is 54.2 Å². The van der Waals surface area contributed by atoms with E-state index < -0.39 is 0 Å². The number of nitrogens with zero attached hydrogens (tertiary/aromatic N) is 5. The van der Waals surface area contributed by atoms with E-state index in [1.54, 1.807) is 0 Å². The van der Waals surface area contributed by atoms with Gasteiger partial charge < -0.3 is 9.84 Å². The van der Waals surface area contributed by atoms with Crippen LogP contribution in [0.15, 0.2) is 47.2 Å². The van der Waals surface area contributed by atoms with Crippen LogP contribution in [0, 0.1) is 0 Å². The lowest BCUT2D eigenvalue weighted by Crippen LogP contribution is -2.45. The lowest BCUT2D eigenvalue weighted by atomic mass is 9.88. The minimum Gasteiger partial charge on any atom is -0.336 e. The number of benzene rings is 1. The zero-order valence-electron chi connectivity index (χ0n) is 16.8. The van der Waals surface area contributed by atoms with Gasteiger partial charge in [-0.2, -0.15) is 10.1 Å². The number of piperidine rings is 2.